The summed E-state index contributed by atoms with van der Waals surface area (Å²) in [5.74, 6) is -0.116. The Morgan fingerprint density at radius 2 is 1.69 bits per heavy atom. The highest BCUT2D eigenvalue weighted by atomic mass is 16.7. The monoisotopic (exact) mass is 496 g/mol. The van der Waals surface area contributed by atoms with Gasteiger partial charge in [0, 0.05) is 24.6 Å². The van der Waals surface area contributed by atoms with E-state index in [0.717, 1.165) is 41.6 Å². The average molecular weight is 497 g/mol. The Balaban J connectivity index is 1.57. The fourth-order valence-electron chi connectivity index (χ4n) is 5.05. The number of carbonyl (C=O) groups excluding carboxylic acids is 1. The van der Waals surface area contributed by atoms with Crippen LogP contribution in [0.4, 0.5) is 0 Å². The third-order valence-electron chi connectivity index (χ3n) is 7.07. The zero-order valence-corrected chi connectivity index (χ0v) is 21.9. The van der Waals surface area contributed by atoms with Crippen molar-refractivity contribution >= 4 is 5.97 Å². The van der Waals surface area contributed by atoms with E-state index in [2.05, 4.69) is 11.8 Å². The van der Waals surface area contributed by atoms with Gasteiger partial charge < -0.3 is 25.1 Å². The molecule has 0 aliphatic carbocycles. The Hall–Kier alpha value is -2.29. The maximum absolute atomic E-state index is 12.9. The second kappa shape index (κ2) is 11.4. The van der Waals surface area contributed by atoms with Crippen LogP contribution in [0.25, 0.3) is 0 Å². The van der Waals surface area contributed by atoms with Crippen molar-refractivity contribution in [1.29, 1.82) is 0 Å². The molecule has 2 aliphatic rings. The maximum atomic E-state index is 12.9. The summed E-state index contributed by atoms with van der Waals surface area (Å²) in [6.07, 6.45) is 0.866. The Morgan fingerprint density at radius 3 is 2.31 bits per heavy atom. The first-order valence-electron chi connectivity index (χ1n) is 12.9. The third-order valence-corrected chi connectivity index (χ3v) is 7.07. The van der Waals surface area contributed by atoms with Crippen LogP contribution in [0.5, 0.6) is 0 Å². The number of carbonyl (C=O) groups is 1. The molecule has 196 valence electrons. The SMILES string of the molecule is C[C@H]1[C@@H](CN2CCC[C@H]2C(=O)OC(C)(C)C)O[C@@H](c2ccc(CN)cc2)O[C@H]1c1ccc(CO)cc1. The summed E-state index contributed by atoms with van der Waals surface area (Å²) in [5.41, 5.74) is 9.16. The van der Waals surface area contributed by atoms with Gasteiger partial charge in [0.1, 0.15) is 11.6 Å². The van der Waals surface area contributed by atoms with Crippen molar-refractivity contribution in [1.82, 2.24) is 4.90 Å². The van der Waals surface area contributed by atoms with Crippen molar-refractivity contribution in [3.8, 4) is 0 Å². The molecule has 0 radical (unpaired) electrons. The van der Waals surface area contributed by atoms with E-state index in [0.29, 0.717) is 13.1 Å². The second-order valence-electron chi connectivity index (χ2n) is 11.0. The minimum Gasteiger partial charge on any atom is -0.459 e. The van der Waals surface area contributed by atoms with E-state index in [-0.39, 0.29) is 36.7 Å². The molecule has 0 unspecified atom stereocenters. The Bertz CT molecular complexity index is 1000. The first-order valence-corrected chi connectivity index (χ1v) is 12.9. The molecule has 4 rings (SSSR count). The van der Waals surface area contributed by atoms with Crippen LogP contribution in [0.3, 0.4) is 0 Å². The Kier molecular flexibility index (Phi) is 8.48. The molecule has 2 aliphatic heterocycles. The Morgan fingerprint density at radius 1 is 1.06 bits per heavy atom. The molecule has 7 nitrogen and oxygen atoms in total. The number of esters is 1. The lowest BCUT2D eigenvalue weighted by Crippen LogP contribution is -2.48. The summed E-state index contributed by atoms with van der Waals surface area (Å²) >= 11 is 0. The zero-order valence-electron chi connectivity index (χ0n) is 21.9. The van der Waals surface area contributed by atoms with Crippen LogP contribution in [-0.2, 0) is 32.2 Å². The molecule has 3 N–H and O–H groups in total. The molecule has 7 heteroatoms. The fraction of sp³-hybridized carbons (Fsp3) is 0.552. The van der Waals surface area contributed by atoms with E-state index in [9.17, 15) is 9.90 Å². The van der Waals surface area contributed by atoms with Crippen LogP contribution in [-0.4, -0.2) is 46.8 Å². The first kappa shape index (κ1) is 26.8. The van der Waals surface area contributed by atoms with Crippen LogP contribution in [0, 0.1) is 5.92 Å². The molecule has 0 amide bonds. The zero-order chi connectivity index (χ0) is 25.9. The molecule has 0 saturated carbocycles. The van der Waals surface area contributed by atoms with Crippen molar-refractivity contribution in [3.63, 3.8) is 0 Å². The number of aliphatic hydroxyl groups excluding tert-OH is 1. The van der Waals surface area contributed by atoms with Gasteiger partial charge in [-0.05, 0) is 56.8 Å². The van der Waals surface area contributed by atoms with Crippen LogP contribution in [0.1, 0.15) is 75.2 Å². The highest BCUT2D eigenvalue weighted by Gasteiger charge is 2.42. The summed E-state index contributed by atoms with van der Waals surface area (Å²) in [4.78, 5) is 15.1. The Labute approximate surface area is 214 Å². The van der Waals surface area contributed by atoms with Crippen molar-refractivity contribution in [2.24, 2.45) is 11.7 Å². The number of hydrogen-bond donors (Lipinski definition) is 2. The molecule has 2 fully saturated rings. The van der Waals surface area contributed by atoms with Gasteiger partial charge >= 0.3 is 5.97 Å². The third kappa shape index (κ3) is 6.33. The number of rotatable bonds is 7. The van der Waals surface area contributed by atoms with Gasteiger partial charge in [-0.15, -0.1) is 0 Å². The van der Waals surface area contributed by atoms with E-state index in [1.807, 2.05) is 69.3 Å². The number of hydrogen-bond acceptors (Lipinski definition) is 7. The summed E-state index contributed by atoms with van der Waals surface area (Å²) in [6, 6.07) is 15.6. The number of nitrogens with two attached hydrogens (primary N) is 1. The van der Waals surface area contributed by atoms with E-state index < -0.39 is 11.9 Å². The van der Waals surface area contributed by atoms with Crippen molar-refractivity contribution in [2.45, 2.75) is 83.8 Å². The number of aliphatic hydroxyl groups is 1. The molecule has 0 aromatic heterocycles. The van der Waals surface area contributed by atoms with Gasteiger partial charge in [-0.3, -0.25) is 9.69 Å². The summed E-state index contributed by atoms with van der Waals surface area (Å²) < 4.78 is 18.8. The smallest absolute Gasteiger partial charge is 0.323 e. The lowest BCUT2D eigenvalue weighted by atomic mass is 9.90. The molecule has 2 aromatic carbocycles. The van der Waals surface area contributed by atoms with Crippen molar-refractivity contribution < 1.29 is 24.1 Å². The van der Waals surface area contributed by atoms with E-state index in [4.69, 9.17) is 19.9 Å². The topological polar surface area (TPSA) is 94.3 Å². The minimum atomic E-state index is -0.539. The molecule has 36 heavy (non-hydrogen) atoms. The van der Waals surface area contributed by atoms with E-state index in [1.54, 1.807) is 0 Å². The molecule has 0 spiro atoms. The molecule has 2 saturated heterocycles. The summed E-state index contributed by atoms with van der Waals surface area (Å²) in [5, 5.41) is 9.46. The van der Waals surface area contributed by atoms with Gasteiger partial charge in [0.15, 0.2) is 6.29 Å². The number of nitrogens with zero attached hydrogens (tertiary/aromatic N) is 1. The fourth-order valence-corrected chi connectivity index (χ4v) is 5.05. The average Bonchev–Trinajstić information content (AvgIpc) is 3.33. The number of ether oxygens (including phenoxy) is 3. The largest absolute Gasteiger partial charge is 0.459 e. The van der Waals surface area contributed by atoms with Gasteiger partial charge in [0.05, 0.1) is 18.8 Å². The molecular weight excluding hydrogens is 456 g/mol. The number of benzene rings is 2. The van der Waals surface area contributed by atoms with Gasteiger partial charge in [-0.25, -0.2) is 0 Å². The van der Waals surface area contributed by atoms with E-state index >= 15 is 0 Å². The van der Waals surface area contributed by atoms with Crippen LogP contribution in [0.15, 0.2) is 48.5 Å². The molecular formula is C29H40N2O5. The standard InChI is InChI=1S/C29H40N2O5/c1-19-25(17-31-15-5-6-24(31)27(33)36-29(2,3)4)34-28(23-13-7-20(16-30)8-14-23)35-26(19)22-11-9-21(18-32)10-12-22/h7-14,19,24-26,28,32H,5-6,15-18,30H2,1-4H3/t19-,24-,25+,26+,28+/m0/s1. The van der Waals surface area contributed by atoms with Gasteiger partial charge in [-0.1, -0.05) is 55.5 Å². The van der Waals surface area contributed by atoms with Crippen molar-refractivity contribution in [3.05, 3.63) is 70.8 Å². The highest BCUT2D eigenvalue weighted by Crippen LogP contribution is 2.42. The van der Waals surface area contributed by atoms with Gasteiger partial charge in [0.25, 0.3) is 0 Å². The predicted octanol–water partition coefficient (Wildman–Crippen LogP) is 4.24. The van der Waals surface area contributed by atoms with Crippen molar-refractivity contribution in [2.75, 3.05) is 13.1 Å². The second-order valence-corrected chi connectivity index (χ2v) is 11.0. The molecule has 5 atom stereocenters. The van der Waals surface area contributed by atoms with Gasteiger partial charge in [-0.2, -0.15) is 0 Å². The normalized spacial score (nSPS) is 27.2. The van der Waals surface area contributed by atoms with Crippen LogP contribution < -0.4 is 5.73 Å². The number of likely N-dealkylation sites (tertiary alicyclic amines) is 1. The maximum Gasteiger partial charge on any atom is 0.323 e. The molecule has 2 heterocycles. The van der Waals surface area contributed by atoms with Gasteiger partial charge in [0.2, 0.25) is 0 Å². The van der Waals surface area contributed by atoms with Crippen LogP contribution >= 0.6 is 0 Å². The molecule has 2 aromatic rings. The first-order chi connectivity index (χ1) is 17.2. The lowest BCUT2D eigenvalue weighted by Gasteiger charge is -2.43. The predicted molar refractivity (Wildman–Crippen MR) is 138 cm³/mol. The quantitative estimate of drug-likeness (QED) is 0.554. The minimum absolute atomic E-state index is 0.00419. The van der Waals surface area contributed by atoms with Crippen LogP contribution in [0.2, 0.25) is 0 Å². The highest BCUT2D eigenvalue weighted by molar-refractivity contribution is 5.76. The summed E-state index contributed by atoms with van der Waals surface area (Å²) in [7, 11) is 0. The summed E-state index contributed by atoms with van der Waals surface area (Å²) in [6.45, 7) is 9.79. The van der Waals surface area contributed by atoms with E-state index in [1.165, 1.54) is 0 Å². The lowest BCUT2D eigenvalue weighted by molar-refractivity contribution is -0.276. The molecule has 0 bridgehead atoms.